The number of ether oxygens (including phenoxy) is 2. The summed E-state index contributed by atoms with van der Waals surface area (Å²) in [7, 11) is -3.52. The molecule has 2 saturated heterocycles. The highest BCUT2D eigenvalue weighted by Gasteiger charge is 2.36. The summed E-state index contributed by atoms with van der Waals surface area (Å²) in [5, 5.41) is 0.475. The zero-order valence-electron chi connectivity index (χ0n) is 13.9. The van der Waals surface area contributed by atoms with E-state index >= 15 is 0 Å². The van der Waals surface area contributed by atoms with Crippen LogP contribution in [0, 0.1) is 0 Å². The molecule has 25 heavy (non-hydrogen) atoms. The molecule has 8 heteroatoms. The Kier molecular flexibility index (Phi) is 5.99. The smallest absolute Gasteiger partial charge is 0.224 e. The van der Waals surface area contributed by atoms with Gasteiger partial charge in [0, 0.05) is 18.0 Å². The molecule has 0 aromatic heterocycles. The predicted molar refractivity (Wildman–Crippen MR) is 93.2 cm³/mol. The van der Waals surface area contributed by atoms with Crippen LogP contribution in [0.4, 0.5) is 0 Å². The van der Waals surface area contributed by atoms with E-state index in [0.717, 1.165) is 19.3 Å². The third-order valence-electron chi connectivity index (χ3n) is 4.59. The van der Waals surface area contributed by atoms with Crippen LogP contribution in [0.25, 0.3) is 0 Å². The molecule has 2 aliphatic rings. The van der Waals surface area contributed by atoms with Crippen molar-refractivity contribution < 1.29 is 22.7 Å². The molecule has 3 rings (SSSR count). The van der Waals surface area contributed by atoms with Gasteiger partial charge in [0.15, 0.2) is 16.1 Å². The Hall–Kier alpha value is -1.15. The molecule has 0 spiro atoms. The zero-order chi connectivity index (χ0) is 17.9. The van der Waals surface area contributed by atoms with Gasteiger partial charge in [-0.1, -0.05) is 11.6 Å². The Bertz CT molecular complexity index is 700. The topological polar surface area (TPSA) is 72.9 Å². The number of halogens is 1. The van der Waals surface area contributed by atoms with E-state index < -0.39 is 16.1 Å². The summed E-state index contributed by atoms with van der Waals surface area (Å²) in [6.45, 7) is 1.69. The minimum absolute atomic E-state index is 0.0474. The van der Waals surface area contributed by atoms with Crippen molar-refractivity contribution in [1.82, 2.24) is 4.90 Å². The number of piperidine rings is 1. The van der Waals surface area contributed by atoms with Crippen molar-refractivity contribution in [2.45, 2.75) is 42.9 Å². The van der Waals surface area contributed by atoms with E-state index in [2.05, 4.69) is 0 Å². The number of nitrogens with zero attached hydrogens (tertiary/aromatic N) is 1. The van der Waals surface area contributed by atoms with Gasteiger partial charge in [-0.2, -0.15) is 0 Å². The summed E-state index contributed by atoms with van der Waals surface area (Å²) in [4.78, 5) is 14.5. The number of sulfone groups is 1. The second-order valence-electron chi connectivity index (χ2n) is 6.28. The van der Waals surface area contributed by atoms with Crippen molar-refractivity contribution in [2.24, 2.45) is 0 Å². The van der Waals surface area contributed by atoms with E-state index in [1.165, 1.54) is 24.3 Å². The number of likely N-dealkylation sites (tertiary alicyclic amines) is 1. The molecule has 1 unspecified atom stereocenters. The number of carbonyl (C=O) groups is 1. The molecule has 0 saturated carbocycles. The van der Waals surface area contributed by atoms with Gasteiger partial charge < -0.3 is 14.4 Å². The van der Waals surface area contributed by atoms with Crippen LogP contribution in [0.15, 0.2) is 29.2 Å². The Morgan fingerprint density at radius 1 is 1.16 bits per heavy atom. The largest absolute Gasteiger partial charge is 0.348 e. The molecular weight excluding hydrogens is 366 g/mol. The number of benzene rings is 1. The van der Waals surface area contributed by atoms with Gasteiger partial charge >= 0.3 is 0 Å². The maximum Gasteiger partial charge on any atom is 0.224 e. The lowest BCUT2D eigenvalue weighted by Gasteiger charge is -2.38. The molecule has 2 heterocycles. The summed E-state index contributed by atoms with van der Waals surface area (Å²) in [5.74, 6) is -0.385. The number of rotatable bonds is 5. The fourth-order valence-corrected chi connectivity index (χ4v) is 4.63. The maximum absolute atomic E-state index is 12.6. The standard InChI is InChI=1S/C17H22ClNO5S/c18-13-4-6-14(7-5-13)25(21,22)12-8-16(20)19-9-2-1-3-15(19)17-23-10-11-24-17/h4-7,15,17H,1-3,8-12H2. The van der Waals surface area contributed by atoms with Gasteiger partial charge in [0.05, 0.1) is 29.9 Å². The van der Waals surface area contributed by atoms with E-state index in [1.807, 2.05) is 0 Å². The van der Waals surface area contributed by atoms with Gasteiger partial charge in [0.2, 0.25) is 5.91 Å². The van der Waals surface area contributed by atoms with Crippen LogP contribution in [0.3, 0.4) is 0 Å². The van der Waals surface area contributed by atoms with Crippen LogP contribution < -0.4 is 0 Å². The Labute approximate surface area is 153 Å². The molecule has 1 amide bonds. The van der Waals surface area contributed by atoms with Crippen molar-refractivity contribution in [3.05, 3.63) is 29.3 Å². The highest BCUT2D eigenvalue weighted by atomic mass is 35.5. The van der Waals surface area contributed by atoms with E-state index in [9.17, 15) is 13.2 Å². The van der Waals surface area contributed by atoms with Crippen LogP contribution in [0.2, 0.25) is 5.02 Å². The summed E-state index contributed by atoms with van der Waals surface area (Å²) >= 11 is 5.79. The zero-order valence-corrected chi connectivity index (χ0v) is 15.5. The van der Waals surface area contributed by atoms with Gasteiger partial charge in [-0.15, -0.1) is 0 Å². The number of carbonyl (C=O) groups excluding carboxylic acids is 1. The van der Waals surface area contributed by atoms with Gasteiger partial charge in [-0.05, 0) is 43.5 Å². The predicted octanol–water partition coefficient (Wildman–Crippen LogP) is 2.26. The van der Waals surface area contributed by atoms with Crippen molar-refractivity contribution in [3.63, 3.8) is 0 Å². The minimum Gasteiger partial charge on any atom is -0.348 e. The Morgan fingerprint density at radius 3 is 2.52 bits per heavy atom. The normalized spacial score (nSPS) is 22.3. The van der Waals surface area contributed by atoms with E-state index in [-0.39, 0.29) is 29.0 Å². The van der Waals surface area contributed by atoms with Crippen LogP contribution >= 0.6 is 11.6 Å². The average Bonchev–Trinajstić information content (AvgIpc) is 3.15. The lowest BCUT2D eigenvalue weighted by Crippen LogP contribution is -2.50. The quantitative estimate of drug-likeness (QED) is 0.774. The SMILES string of the molecule is O=C(CCS(=O)(=O)c1ccc(Cl)cc1)N1CCCCC1C1OCCO1. The Morgan fingerprint density at radius 2 is 1.84 bits per heavy atom. The fraction of sp³-hybridized carbons (Fsp3) is 0.588. The van der Waals surface area contributed by atoms with Crippen LogP contribution in [-0.2, 0) is 24.1 Å². The van der Waals surface area contributed by atoms with Crippen molar-refractivity contribution in [2.75, 3.05) is 25.5 Å². The van der Waals surface area contributed by atoms with Crippen LogP contribution in [-0.4, -0.2) is 57.1 Å². The number of amides is 1. The van der Waals surface area contributed by atoms with Gasteiger partial charge in [-0.25, -0.2) is 8.42 Å². The second kappa shape index (κ2) is 8.03. The second-order valence-corrected chi connectivity index (χ2v) is 8.83. The summed E-state index contributed by atoms with van der Waals surface area (Å²) < 4.78 is 35.9. The van der Waals surface area contributed by atoms with Gasteiger partial charge in [0.25, 0.3) is 0 Å². The fourth-order valence-electron chi connectivity index (χ4n) is 3.27. The summed E-state index contributed by atoms with van der Waals surface area (Å²) in [6.07, 6.45) is 2.31. The molecule has 1 aromatic rings. The van der Waals surface area contributed by atoms with E-state index in [4.69, 9.17) is 21.1 Å². The first-order valence-electron chi connectivity index (χ1n) is 8.48. The Balaban J connectivity index is 1.63. The summed E-state index contributed by atoms with van der Waals surface area (Å²) in [6, 6.07) is 5.87. The molecule has 6 nitrogen and oxygen atoms in total. The highest BCUT2D eigenvalue weighted by Crippen LogP contribution is 2.25. The van der Waals surface area contributed by atoms with Gasteiger partial charge in [-0.3, -0.25) is 4.79 Å². The molecule has 0 bridgehead atoms. The molecule has 1 atom stereocenters. The van der Waals surface area contributed by atoms with E-state index in [1.54, 1.807) is 4.90 Å². The van der Waals surface area contributed by atoms with Crippen molar-refractivity contribution in [1.29, 1.82) is 0 Å². The lowest BCUT2D eigenvalue weighted by atomic mass is 10.0. The van der Waals surface area contributed by atoms with Gasteiger partial charge in [0.1, 0.15) is 0 Å². The highest BCUT2D eigenvalue weighted by molar-refractivity contribution is 7.91. The third kappa shape index (κ3) is 4.53. The molecule has 0 aliphatic carbocycles. The lowest BCUT2D eigenvalue weighted by molar-refractivity contribution is -0.150. The molecule has 2 fully saturated rings. The number of hydrogen-bond donors (Lipinski definition) is 0. The molecule has 2 aliphatic heterocycles. The molecular formula is C17H22ClNO5S. The number of hydrogen-bond acceptors (Lipinski definition) is 5. The van der Waals surface area contributed by atoms with E-state index in [0.29, 0.717) is 24.8 Å². The van der Waals surface area contributed by atoms with Crippen LogP contribution in [0.1, 0.15) is 25.7 Å². The first kappa shape index (κ1) is 18.6. The third-order valence-corrected chi connectivity index (χ3v) is 6.57. The molecule has 0 radical (unpaired) electrons. The molecule has 0 N–H and O–H groups in total. The molecule has 1 aromatic carbocycles. The average molecular weight is 388 g/mol. The van der Waals surface area contributed by atoms with Crippen molar-refractivity contribution >= 4 is 27.3 Å². The van der Waals surface area contributed by atoms with Crippen LogP contribution in [0.5, 0.6) is 0 Å². The van der Waals surface area contributed by atoms with Crippen molar-refractivity contribution in [3.8, 4) is 0 Å². The first-order valence-corrected chi connectivity index (χ1v) is 10.5. The summed E-state index contributed by atoms with van der Waals surface area (Å²) in [5.41, 5.74) is 0. The molecule has 138 valence electrons. The first-order chi connectivity index (χ1) is 12.0. The monoisotopic (exact) mass is 387 g/mol. The maximum atomic E-state index is 12.6. The minimum atomic E-state index is -3.52.